The molecule has 60 unspecified atom stereocenters. The average Bonchev–Trinajstić information content (AvgIpc) is 3.45. The van der Waals surface area contributed by atoms with Gasteiger partial charge in [-0.2, -0.15) is 0 Å². The Kier molecular flexibility index (Phi) is 123. The van der Waals surface area contributed by atoms with Crippen LogP contribution in [0.15, 0.2) is 0 Å². The second kappa shape index (κ2) is 85.7. The molecule has 109 heteroatoms. The van der Waals surface area contributed by atoms with Gasteiger partial charge in [-0.05, 0) is 378 Å². The molecule has 0 saturated carbocycles. The van der Waals surface area contributed by atoms with Crippen molar-refractivity contribution in [3.8, 4) is 0 Å². The highest BCUT2D eigenvalue weighted by atomic mass is 33.6. The average molecular weight is 3490 g/mol. The third kappa shape index (κ3) is 55.7. The summed E-state index contributed by atoms with van der Waals surface area (Å²) in [5.41, 5.74) is 0. The van der Waals surface area contributed by atoms with Gasteiger partial charge in [-0.1, -0.05) is 0 Å². The zero-order chi connectivity index (χ0) is 86.3. The van der Waals surface area contributed by atoms with E-state index in [2.05, 4.69) is 491 Å². The summed E-state index contributed by atoms with van der Waals surface area (Å²) in [5.74, 6) is 0. The molecular formula is H111P109. The summed E-state index contributed by atoms with van der Waals surface area (Å²) in [6, 6.07) is 0. The molecule has 0 saturated heterocycles. The van der Waals surface area contributed by atoms with Crippen molar-refractivity contribution in [3.05, 3.63) is 0 Å². The monoisotopic (exact) mass is 3490 g/mol. The molecule has 0 aliphatic heterocycles. The molecule has 60 atom stereocenters. The van der Waals surface area contributed by atoms with Crippen molar-refractivity contribution in [1.29, 1.82) is 0 Å². The highest BCUT2D eigenvalue weighted by molar-refractivity contribution is 9.58. The van der Waals surface area contributed by atoms with Gasteiger partial charge in [-0.15, -0.1) is 491 Å². The summed E-state index contributed by atoms with van der Waals surface area (Å²) in [4.78, 5) is 0. The molecule has 0 radical (unpaired) electrons. The van der Waals surface area contributed by atoms with Gasteiger partial charge in [-0.3, -0.25) is 0 Å². The van der Waals surface area contributed by atoms with E-state index in [0.29, 0.717) is 0 Å². The molecule has 0 aromatic carbocycles. The van der Waals surface area contributed by atoms with E-state index in [1.165, 1.54) is 0 Å². The molecule has 0 spiro atoms. The van der Waals surface area contributed by atoms with Crippen LogP contribution in [-0.2, 0) is 0 Å². The molecule has 0 aromatic rings. The van der Waals surface area contributed by atoms with Crippen molar-refractivity contribution in [3.63, 3.8) is 0 Å². The zero-order valence-corrected chi connectivity index (χ0v) is 168. The Morgan fingerprint density at radius 3 is 0.266 bits per heavy atom. The van der Waals surface area contributed by atoms with E-state index in [0.717, 1.165) is 7.96 Å². The van der Waals surface area contributed by atoms with E-state index in [1.54, 1.807) is 0 Å². The van der Waals surface area contributed by atoms with E-state index in [9.17, 15) is 0 Å². The standard InChI is InChI=1S/H111P109/c1-57(2)84(55)100(87(58(3)4)59(5)6)102(105(90(64(15)16)65(17)18)91(66(19)20)67(21)22)85(101(88(60(7)8)61(9)10)89(62(11)12)63(13)14)56-86(103(106(92(68(23)24)69(25)26)93(70(27)28)71(29)30)107(94(72(31)32)73(33)34)95(74(35)36)75(37)38)104(108(96(76(39)40)77(41)42)97(78(43)44)79(45)46)109(98(80(47)48)81(49)50)99(82(51)52)83(53)54/h56H,1-55H2. The van der Waals surface area contributed by atoms with E-state index in [1.807, 2.05) is 0 Å². The van der Waals surface area contributed by atoms with Crippen LogP contribution in [0.1, 0.15) is 0 Å². The van der Waals surface area contributed by atoms with E-state index < -0.39 is 349 Å². The smallest absolute Gasteiger partial charge is 0.000359 e. The Labute approximate surface area is 855 Å². The quantitative estimate of drug-likeness (QED) is 0.0533. The summed E-state index contributed by atoms with van der Waals surface area (Å²) < 4.78 is 0. The molecule has 0 N–H and O–H groups in total. The minimum Gasteiger partial charge on any atom is -0.102 e. The molecule has 0 bridgehead atoms. The van der Waals surface area contributed by atoms with E-state index in [-0.39, 0.29) is 21.0 Å². The second-order valence-corrected chi connectivity index (χ2v) is 471. The molecule has 109 heavy (non-hydrogen) atoms. The van der Waals surface area contributed by atoms with E-state index in [4.69, 9.17) is 0 Å². The van der Waals surface area contributed by atoms with Crippen molar-refractivity contribution in [2.75, 3.05) is 0 Å². The fourth-order valence-electron chi connectivity index (χ4n) is 6.63. The van der Waals surface area contributed by atoms with Crippen molar-refractivity contribution in [2.24, 2.45) is 0 Å². The third-order valence-corrected chi connectivity index (χ3v) is 785. The summed E-state index contributed by atoms with van der Waals surface area (Å²) in [5, 5.41) is 0. The molecule has 0 aliphatic carbocycles. The molecule has 0 rings (SSSR count). The Morgan fingerprint density at radius 1 is 0.0826 bits per heavy atom. The lowest BCUT2D eigenvalue weighted by Crippen LogP contribution is -1.74. The van der Waals surface area contributed by atoms with Gasteiger partial charge in [-0.25, -0.2) is 0 Å². The van der Waals surface area contributed by atoms with Gasteiger partial charge in [0.1, 0.15) is 0 Å². The van der Waals surface area contributed by atoms with Crippen LogP contribution < -0.4 is 0 Å². The van der Waals surface area contributed by atoms with Crippen LogP contribution in [0, 0.1) is 0 Å². The minimum atomic E-state index is -0.631. The van der Waals surface area contributed by atoms with Crippen LogP contribution >= 0.6 is 869 Å². The van der Waals surface area contributed by atoms with Gasteiger partial charge in [0.05, 0.1) is 0 Å². The van der Waals surface area contributed by atoms with Crippen LogP contribution in [0.5, 0.6) is 0 Å². The SMILES string of the molecule is PP(P)P(P)P(P(P(P)P)P(P)P)P(P(PP(P(P(P(P(P)P)P(P)P)P(P(P)P)P(P)P)P(P(P(P)P)P(P)P)P(P(P)P)P(P)P)P(P(P(P(P)P)P(P)P)P(P(P)P)P(P)P)P(P(P(P)P)P(P)P)P(P(P)P)P(P)P)P(P(P(P)P)P(P)P)P(P(P)P)P(P)P)P(P(P(P)P)P(P)P)P(P(P)P)P(P)P. The van der Waals surface area contributed by atoms with Crippen molar-refractivity contribution >= 4 is 869 Å². The molecule has 0 aliphatic rings. The van der Waals surface area contributed by atoms with Gasteiger partial charge in [0.25, 0.3) is 0 Å². The predicted molar refractivity (Wildman–Crippen MR) is 909 cm³/mol. The number of rotatable bonds is 53. The maximum atomic E-state index is 4.05. The normalized spacial score (nSPS) is 15.9. The summed E-state index contributed by atoms with van der Waals surface area (Å²) in [7, 11) is 210. The van der Waals surface area contributed by atoms with Crippen LogP contribution in [-0.4, -0.2) is 0 Å². The van der Waals surface area contributed by atoms with Gasteiger partial charge >= 0.3 is 0 Å². The largest absolute Gasteiger partial charge is 0.102 e. The van der Waals surface area contributed by atoms with Gasteiger partial charge in [0, 0.05) is 0 Å². The highest BCUT2D eigenvalue weighted by Gasteiger charge is 2.65. The number of hydrogen-bond acceptors (Lipinski definition) is 0. The van der Waals surface area contributed by atoms with Gasteiger partial charge in [0.15, 0.2) is 0 Å². The van der Waals surface area contributed by atoms with Crippen molar-refractivity contribution in [1.82, 2.24) is 0 Å². The van der Waals surface area contributed by atoms with Gasteiger partial charge < -0.3 is 0 Å². The van der Waals surface area contributed by atoms with Crippen LogP contribution in [0.2, 0.25) is 0 Å². The molecule has 0 nitrogen and oxygen atoms in total. The first kappa shape index (κ1) is 156. The molecule has 0 amide bonds. The van der Waals surface area contributed by atoms with E-state index >= 15 is 0 Å². The predicted octanol–water partition coefficient (Wildman–Crippen LogP) is 64.2. The topological polar surface area (TPSA) is 0 Å². The van der Waals surface area contributed by atoms with Crippen LogP contribution in [0.25, 0.3) is 0 Å². The molecule has 656 valence electrons. The number of hydrogen-bond donors (Lipinski definition) is 0. The molecule has 0 heterocycles. The maximum Gasteiger partial charge on any atom is -0.000359 e. The molecule has 0 fully saturated rings. The third-order valence-electron chi connectivity index (χ3n) is 9.69. The van der Waals surface area contributed by atoms with Gasteiger partial charge in [0.2, 0.25) is 0 Å². The lowest BCUT2D eigenvalue weighted by Gasteiger charge is -2.61. The molecule has 0 aromatic heterocycles. The van der Waals surface area contributed by atoms with Crippen LogP contribution in [0.3, 0.4) is 0 Å². The first-order chi connectivity index (χ1) is 49.6. The lowest BCUT2D eigenvalue weighted by molar-refractivity contribution is 4.32. The minimum absolute atomic E-state index is 0.374. The molecular weight excluding hydrogens is 3380 g/mol. The lowest BCUT2D eigenvalue weighted by atomic mass is 28.4. The Morgan fingerprint density at radius 2 is 0.165 bits per heavy atom. The summed E-state index contributed by atoms with van der Waals surface area (Å²) in [6.07, 6.45) is 0. The first-order valence-corrected chi connectivity index (χ1v) is 224. The van der Waals surface area contributed by atoms with Crippen molar-refractivity contribution in [2.45, 2.75) is 0 Å². The second-order valence-electron chi connectivity index (χ2n) is 17.4. The zero-order valence-electron chi connectivity index (χ0n) is 56.0. The maximum absolute atomic E-state index is 4.05. The Balaban J connectivity index is 14.6. The fourth-order valence-corrected chi connectivity index (χ4v) is 1610. The first-order valence-electron chi connectivity index (χ1n) is 24.8. The highest BCUT2D eigenvalue weighted by Crippen LogP contribution is 3.52. The summed E-state index contributed by atoms with van der Waals surface area (Å²) in [6.45, 7) is -23.5. The Hall–Kier alpha value is 46.9. The fraction of sp³-hybridized carbons (Fsp3) is 0. The Bertz CT molecular complexity index is 1890. The van der Waals surface area contributed by atoms with Crippen LogP contribution in [0.4, 0.5) is 0 Å². The van der Waals surface area contributed by atoms with Crippen molar-refractivity contribution < 1.29 is 0 Å². The summed E-state index contributed by atoms with van der Waals surface area (Å²) >= 11 is 0.